The maximum Gasteiger partial charge on any atom is 0.351 e. The molecule has 1 saturated heterocycles. The Balaban J connectivity index is 1.95. The summed E-state index contributed by atoms with van der Waals surface area (Å²) in [6.07, 6.45) is 4.94. The van der Waals surface area contributed by atoms with Gasteiger partial charge in [0.2, 0.25) is 0 Å². The van der Waals surface area contributed by atoms with Crippen molar-refractivity contribution >= 4 is 23.1 Å². The zero-order valence-electron chi connectivity index (χ0n) is 21.4. The first-order chi connectivity index (χ1) is 16.5. The molecule has 0 aliphatic carbocycles. The van der Waals surface area contributed by atoms with Gasteiger partial charge < -0.3 is 20.1 Å². The summed E-state index contributed by atoms with van der Waals surface area (Å²) in [6, 6.07) is 2.18. The predicted octanol–water partition coefficient (Wildman–Crippen LogP) is 3.34. The Morgan fingerprint density at radius 3 is 2.69 bits per heavy atom. The number of H-pyrrole nitrogens is 1. The third-order valence-electron chi connectivity index (χ3n) is 6.53. The molecule has 0 spiro atoms. The lowest BCUT2D eigenvalue weighted by Gasteiger charge is -2.38. The van der Waals surface area contributed by atoms with E-state index in [-0.39, 0.29) is 29.5 Å². The van der Waals surface area contributed by atoms with E-state index in [2.05, 4.69) is 10.3 Å². The van der Waals surface area contributed by atoms with Crippen molar-refractivity contribution in [1.82, 2.24) is 15.2 Å². The fraction of sp³-hybridized carbons (Fsp3) is 0.615. The largest absolute Gasteiger partial charge is 0.390 e. The monoisotopic (exact) mass is 493 g/mol. The molecule has 7 nitrogen and oxygen atoms in total. The molecule has 1 amide bonds. The molecule has 1 aliphatic rings. The van der Waals surface area contributed by atoms with E-state index < -0.39 is 17.2 Å². The number of carbonyl (C=O) groups excluding carboxylic acids is 1. The van der Waals surface area contributed by atoms with E-state index >= 15 is 0 Å². The number of benzene rings is 1. The molecule has 0 radical (unpaired) electrons. The zero-order valence-corrected chi connectivity index (χ0v) is 21.4. The molecule has 194 valence electrons. The first-order valence-corrected chi connectivity index (χ1v) is 12.3. The molecule has 2 heterocycles. The van der Waals surface area contributed by atoms with Gasteiger partial charge in [0.25, 0.3) is 0 Å². The SMILES string of the molecule is COCC/C=C/[n+]1c(C(=O)N(CC(C)C)CC2CNCC(C(C)(C)O)C2)[nH]c2cc(F)c(F)cc21. The normalized spacial score (nSPS) is 19.2. The number of imidazole rings is 1. The Morgan fingerprint density at radius 2 is 2.03 bits per heavy atom. The molecule has 0 bridgehead atoms. The summed E-state index contributed by atoms with van der Waals surface area (Å²) in [7, 11) is 1.60. The third kappa shape index (κ3) is 6.86. The van der Waals surface area contributed by atoms with E-state index in [0.29, 0.717) is 37.2 Å². The molecule has 35 heavy (non-hydrogen) atoms. The summed E-state index contributed by atoms with van der Waals surface area (Å²) >= 11 is 0. The minimum atomic E-state index is -0.974. The molecular weight excluding hydrogens is 454 g/mol. The minimum absolute atomic E-state index is 0.0879. The summed E-state index contributed by atoms with van der Waals surface area (Å²) in [4.78, 5) is 18.7. The first-order valence-electron chi connectivity index (χ1n) is 12.3. The molecule has 1 aliphatic heterocycles. The molecule has 9 heteroatoms. The number of nitrogens with zero attached hydrogens (tertiary/aromatic N) is 2. The zero-order chi connectivity index (χ0) is 25.8. The molecule has 0 saturated carbocycles. The number of carbonyl (C=O) groups is 1. The van der Waals surface area contributed by atoms with E-state index in [1.807, 2.05) is 33.8 Å². The summed E-state index contributed by atoms with van der Waals surface area (Å²) in [5.74, 6) is -1.46. The molecule has 3 rings (SSSR count). The summed E-state index contributed by atoms with van der Waals surface area (Å²) in [5.41, 5.74) is -0.0821. The number of fused-ring (bicyclic) bond motifs is 1. The van der Waals surface area contributed by atoms with Crippen LogP contribution < -0.4 is 9.88 Å². The highest BCUT2D eigenvalue weighted by atomic mass is 19.2. The van der Waals surface area contributed by atoms with E-state index in [1.165, 1.54) is 0 Å². The number of aromatic nitrogens is 2. The van der Waals surface area contributed by atoms with Crippen molar-refractivity contribution in [3.8, 4) is 0 Å². The van der Waals surface area contributed by atoms with Crippen molar-refractivity contribution in [3.63, 3.8) is 0 Å². The van der Waals surface area contributed by atoms with E-state index in [0.717, 1.165) is 31.6 Å². The molecule has 3 N–H and O–H groups in total. The number of amides is 1. The second-order valence-corrected chi connectivity index (χ2v) is 10.5. The Labute approximate surface area is 206 Å². The Morgan fingerprint density at radius 1 is 1.31 bits per heavy atom. The Bertz CT molecular complexity index is 1050. The van der Waals surface area contributed by atoms with Gasteiger partial charge in [-0.05, 0) is 57.1 Å². The van der Waals surface area contributed by atoms with Crippen molar-refractivity contribution in [2.24, 2.45) is 17.8 Å². The third-order valence-corrected chi connectivity index (χ3v) is 6.53. The van der Waals surface area contributed by atoms with Gasteiger partial charge in [0.1, 0.15) is 0 Å². The molecule has 1 fully saturated rings. The number of hydrogen-bond donors (Lipinski definition) is 3. The highest BCUT2D eigenvalue weighted by Crippen LogP contribution is 2.27. The molecular formula is C26H39F2N4O3+. The first kappa shape index (κ1) is 27.2. The maximum atomic E-state index is 14.1. The van der Waals surface area contributed by atoms with Gasteiger partial charge >= 0.3 is 11.7 Å². The van der Waals surface area contributed by atoms with Crippen molar-refractivity contribution < 1.29 is 28.0 Å². The number of piperidine rings is 1. The van der Waals surface area contributed by atoms with E-state index in [4.69, 9.17) is 4.74 Å². The van der Waals surface area contributed by atoms with Crippen LogP contribution in [0.2, 0.25) is 0 Å². The van der Waals surface area contributed by atoms with Crippen LogP contribution in [-0.2, 0) is 4.74 Å². The Hall–Kier alpha value is -2.36. The van der Waals surface area contributed by atoms with Crippen LogP contribution in [0.4, 0.5) is 8.78 Å². The van der Waals surface area contributed by atoms with Gasteiger partial charge in [0.15, 0.2) is 22.7 Å². The van der Waals surface area contributed by atoms with Gasteiger partial charge in [0.05, 0.1) is 11.8 Å². The average molecular weight is 494 g/mol. The quantitative estimate of drug-likeness (QED) is 0.350. The van der Waals surface area contributed by atoms with Crippen molar-refractivity contribution in [3.05, 3.63) is 35.7 Å². The van der Waals surface area contributed by atoms with Gasteiger partial charge in [-0.25, -0.2) is 13.8 Å². The topological polar surface area (TPSA) is 81.5 Å². The fourth-order valence-corrected chi connectivity index (χ4v) is 4.67. The Kier molecular flexibility index (Phi) is 9.01. The highest BCUT2D eigenvalue weighted by Gasteiger charge is 2.36. The summed E-state index contributed by atoms with van der Waals surface area (Å²) in [6.45, 7) is 10.8. The molecule has 1 aromatic heterocycles. The van der Waals surface area contributed by atoms with E-state index in [9.17, 15) is 18.7 Å². The second-order valence-electron chi connectivity index (χ2n) is 10.5. The number of ether oxygens (including phenoxy) is 1. The highest BCUT2D eigenvalue weighted by molar-refractivity contribution is 5.92. The number of aliphatic hydroxyl groups is 1. The maximum absolute atomic E-state index is 14.1. The van der Waals surface area contributed by atoms with Crippen molar-refractivity contribution in [2.45, 2.75) is 46.1 Å². The summed E-state index contributed by atoms with van der Waals surface area (Å²) in [5, 5.41) is 13.9. The number of aromatic amines is 1. The smallest absolute Gasteiger partial charge is 0.351 e. The van der Waals surface area contributed by atoms with Crippen LogP contribution in [0.25, 0.3) is 17.2 Å². The lowest BCUT2D eigenvalue weighted by atomic mass is 9.80. The van der Waals surface area contributed by atoms with Gasteiger partial charge in [0, 0.05) is 45.5 Å². The molecule has 2 unspecified atom stereocenters. The average Bonchev–Trinajstić information content (AvgIpc) is 3.12. The minimum Gasteiger partial charge on any atom is -0.390 e. The van der Waals surface area contributed by atoms with Crippen LogP contribution >= 0.6 is 0 Å². The van der Waals surface area contributed by atoms with Crippen molar-refractivity contribution in [2.75, 3.05) is 39.9 Å². The number of halogens is 2. The second kappa shape index (κ2) is 11.6. The fourth-order valence-electron chi connectivity index (χ4n) is 4.67. The van der Waals surface area contributed by atoms with E-state index in [1.54, 1.807) is 22.8 Å². The molecule has 2 atom stereocenters. The van der Waals surface area contributed by atoms with Crippen LogP contribution in [0.3, 0.4) is 0 Å². The number of rotatable bonds is 10. The van der Waals surface area contributed by atoms with Gasteiger partial charge in [-0.3, -0.25) is 4.79 Å². The number of nitrogens with one attached hydrogen (secondary N) is 2. The predicted molar refractivity (Wildman–Crippen MR) is 132 cm³/mol. The molecule has 2 aromatic rings. The van der Waals surface area contributed by atoms with Crippen LogP contribution in [0.15, 0.2) is 18.2 Å². The lowest BCUT2D eigenvalue weighted by molar-refractivity contribution is -0.542. The standard InChI is InChI=1S/C26H38F2N4O3/c1-17(2)15-31(16-18-10-19(14-29-13-18)26(3,4)34)25(33)24-30-22-11-20(27)21(28)12-23(22)32(24)8-6-7-9-35-5/h6,8,11-12,17-19,29,34H,7,9-10,13-16H2,1-5H3/p+1/b8-6+. The van der Waals surface area contributed by atoms with Crippen LogP contribution in [-0.4, -0.2) is 66.4 Å². The van der Waals surface area contributed by atoms with Crippen LogP contribution in [0.5, 0.6) is 0 Å². The molecule has 1 aromatic carbocycles. The van der Waals surface area contributed by atoms with Gasteiger partial charge in [-0.15, -0.1) is 0 Å². The van der Waals surface area contributed by atoms with Gasteiger partial charge in [-0.1, -0.05) is 13.8 Å². The van der Waals surface area contributed by atoms with Crippen LogP contribution in [0, 0.1) is 29.4 Å². The summed E-state index contributed by atoms with van der Waals surface area (Å²) < 4.78 is 34.7. The van der Waals surface area contributed by atoms with Gasteiger partial charge in [-0.2, -0.15) is 4.57 Å². The van der Waals surface area contributed by atoms with Crippen molar-refractivity contribution in [1.29, 1.82) is 0 Å². The van der Waals surface area contributed by atoms with Crippen LogP contribution in [0.1, 0.15) is 51.2 Å². The lowest BCUT2D eigenvalue weighted by Crippen LogP contribution is -2.50. The number of methoxy groups -OCH3 is 1. The number of hydrogen-bond acceptors (Lipinski definition) is 4.